The number of imidazole rings is 1. The van der Waals surface area contributed by atoms with Gasteiger partial charge in [-0.25, -0.2) is 4.98 Å². The number of rotatable bonds is 13. The molecule has 1 heterocycles. The molecule has 200 valence electrons. The summed E-state index contributed by atoms with van der Waals surface area (Å²) in [5.74, 6) is -3.43. The van der Waals surface area contributed by atoms with E-state index in [2.05, 4.69) is 31.2 Å². The molecule has 0 aliphatic carbocycles. The van der Waals surface area contributed by atoms with Crippen LogP contribution in [0, 0.1) is 0 Å². The van der Waals surface area contributed by atoms with Crippen LogP contribution in [0.1, 0.15) is 32.0 Å². The van der Waals surface area contributed by atoms with Crippen LogP contribution in [0.25, 0.3) is 0 Å². The lowest BCUT2D eigenvalue weighted by Gasteiger charge is -2.26. The van der Waals surface area contributed by atoms with E-state index in [1.807, 2.05) is 6.07 Å². The average Bonchev–Trinajstić information content (AvgIpc) is 3.34. The quantitative estimate of drug-likeness (QED) is 0.152. The van der Waals surface area contributed by atoms with Gasteiger partial charge in [-0.15, -0.1) is 0 Å². The number of amides is 5. The first-order valence-electron chi connectivity index (χ1n) is 11.7. The topological polar surface area (TPSA) is 210 Å². The highest BCUT2D eigenvalue weighted by Crippen LogP contribution is 2.06. The second-order valence-electron chi connectivity index (χ2n) is 8.69. The zero-order valence-corrected chi connectivity index (χ0v) is 20.9. The van der Waals surface area contributed by atoms with Gasteiger partial charge in [-0.1, -0.05) is 30.3 Å². The minimum atomic E-state index is -1.43. The summed E-state index contributed by atoms with van der Waals surface area (Å²) in [5, 5.41) is 20.1. The van der Waals surface area contributed by atoms with Crippen molar-refractivity contribution in [3.63, 3.8) is 0 Å². The zero-order chi connectivity index (χ0) is 27.5. The highest BCUT2D eigenvalue weighted by atomic mass is 16.3. The number of aromatic amines is 2. The number of aromatic nitrogens is 2. The Kier molecular flexibility index (Phi) is 10.8. The van der Waals surface area contributed by atoms with Crippen molar-refractivity contribution in [2.75, 3.05) is 0 Å². The van der Waals surface area contributed by atoms with Crippen LogP contribution in [0.3, 0.4) is 0 Å². The van der Waals surface area contributed by atoms with Crippen molar-refractivity contribution in [1.82, 2.24) is 26.3 Å². The highest BCUT2D eigenvalue weighted by Gasteiger charge is 2.33. The molecular formula is C24H34N7O6+. The predicted molar refractivity (Wildman–Crippen MR) is 131 cm³/mol. The van der Waals surface area contributed by atoms with Gasteiger partial charge < -0.3 is 32.1 Å². The van der Waals surface area contributed by atoms with Crippen LogP contribution in [0.5, 0.6) is 0 Å². The zero-order valence-electron chi connectivity index (χ0n) is 20.9. The fourth-order valence-corrected chi connectivity index (χ4v) is 3.48. The first-order chi connectivity index (χ1) is 17.5. The monoisotopic (exact) mass is 516 g/mol. The van der Waals surface area contributed by atoms with Crippen LogP contribution in [0.2, 0.25) is 0 Å². The summed E-state index contributed by atoms with van der Waals surface area (Å²) >= 11 is 0. The van der Waals surface area contributed by atoms with Crippen LogP contribution in [-0.2, 0) is 36.8 Å². The summed E-state index contributed by atoms with van der Waals surface area (Å²) in [6.45, 7) is 3.93. The normalized spacial score (nSPS) is 14.8. The molecule has 0 fully saturated rings. The fraction of sp³-hybridized carbons (Fsp3) is 0.417. The van der Waals surface area contributed by atoms with E-state index in [0.29, 0.717) is 5.69 Å². The van der Waals surface area contributed by atoms with Gasteiger partial charge in [0.05, 0.1) is 6.10 Å². The number of aliphatic hydroxyl groups is 1. The van der Waals surface area contributed by atoms with Gasteiger partial charge in [0.15, 0.2) is 0 Å². The smallest absolute Gasteiger partial charge is 0.245 e. The Hall–Kier alpha value is -4.26. The number of aliphatic hydroxyl groups excluding tert-OH is 1. The predicted octanol–water partition coefficient (Wildman–Crippen LogP) is -2.54. The number of carbonyl (C=O) groups excluding carboxylic acids is 5. The van der Waals surface area contributed by atoms with Gasteiger partial charge in [-0.05, 0) is 19.4 Å². The molecule has 0 spiro atoms. The van der Waals surface area contributed by atoms with E-state index in [0.717, 1.165) is 5.56 Å². The first-order valence-corrected chi connectivity index (χ1v) is 11.7. The largest absolute Gasteiger partial charge is 0.391 e. The molecule has 5 atom stereocenters. The van der Waals surface area contributed by atoms with Crippen molar-refractivity contribution in [1.29, 1.82) is 0 Å². The average molecular weight is 517 g/mol. The Morgan fingerprint density at radius 2 is 1.54 bits per heavy atom. The van der Waals surface area contributed by atoms with E-state index in [-0.39, 0.29) is 12.8 Å². The van der Waals surface area contributed by atoms with Gasteiger partial charge in [0.2, 0.25) is 35.9 Å². The molecule has 0 radical (unpaired) electrons. The molecule has 0 bridgehead atoms. The molecule has 1 aromatic carbocycles. The van der Waals surface area contributed by atoms with Gasteiger partial charge in [-0.3, -0.25) is 29.0 Å². The van der Waals surface area contributed by atoms with E-state index < -0.39 is 59.8 Å². The number of nitrogens with two attached hydrogens (primary N) is 1. The van der Waals surface area contributed by atoms with E-state index >= 15 is 0 Å². The Labute approximate surface area is 214 Å². The number of H-pyrrole nitrogens is 2. The molecular weight excluding hydrogens is 482 g/mol. The van der Waals surface area contributed by atoms with Crippen LogP contribution in [0.4, 0.5) is 0 Å². The van der Waals surface area contributed by atoms with E-state index in [1.54, 1.807) is 30.5 Å². The van der Waals surface area contributed by atoms with E-state index in [4.69, 9.17) is 5.73 Å². The molecule has 37 heavy (non-hydrogen) atoms. The standard InChI is InChI=1S/C24H33N7O6/c1-13(21(25)34)28-24(37)20(14(2)32)31-23(36)19(10-17-11-26-12-27-17)30-22(35)18(29-15(3)33)9-16-7-5-4-6-8-16/h4-8,11-14,18-20,32H,9-10H2,1-3H3,(H2,25,34)(H,26,27)(H,28,37)(H,29,33)(H,30,35)(H,31,36)/p+1/t13-,14+,18-,19-,20-/m0/s1. The summed E-state index contributed by atoms with van der Waals surface area (Å²) in [4.78, 5) is 67.8. The number of hydrogen-bond acceptors (Lipinski definition) is 6. The third-order valence-electron chi connectivity index (χ3n) is 5.48. The van der Waals surface area contributed by atoms with Gasteiger partial charge >= 0.3 is 0 Å². The van der Waals surface area contributed by atoms with Crippen molar-refractivity contribution in [2.24, 2.45) is 5.73 Å². The lowest BCUT2D eigenvalue weighted by Crippen LogP contribution is -2.60. The lowest BCUT2D eigenvalue weighted by atomic mass is 10.0. The van der Waals surface area contributed by atoms with Crippen LogP contribution < -0.4 is 32.0 Å². The molecule has 0 aliphatic heterocycles. The molecule has 13 nitrogen and oxygen atoms in total. The Morgan fingerprint density at radius 3 is 2.08 bits per heavy atom. The maximum absolute atomic E-state index is 13.2. The summed E-state index contributed by atoms with van der Waals surface area (Å²) in [6, 6.07) is 4.41. The second kappa shape index (κ2) is 13.7. The second-order valence-corrected chi connectivity index (χ2v) is 8.69. The van der Waals surface area contributed by atoms with E-state index in [9.17, 15) is 29.1 Å². The molecule has 0 unspecified atom stereocenters. The van der Waals surface area contributed by atoms with Crippen LogP contribution in [-0.4, -0.2) is 69.9 Å². The van der Waals surface area contributed by atoms with Crippen molar-refractivity contribution < 1.29 is 34.1 Å². The van der Waals surface area contributed by atoms with Crippen molar-refractivity contribution >= 4 is 29.5 Å². The molecule has 9 N–H and O–H groups in total. The number of hydrogen-bond donors (Lipinski definition) is 7. The summed E-state index contributed by atoms with van der Waals surface area (Å²) in [6.07, 6.45) is 1.98. The van der Waals surface area contributed by atoms with Crippen molar-refractivity contribution in [3.8, 4) is 0 Å². The maximum atomic E-state index is 13.2. The minimum absolute atomic E-state index is 0.00500. The lowest BCUT2D eigenvalue weighted by molar-refractivity contribution is -0.376. The molecule has 13 heteroatoms. The minimum Gasteiger partial charge on any atom is -0.391 e. The van der Waals surface area contributed by atoms with Gasteiger partial charge in [-0.2, -0.15) is 0 Å². The molecule has 0 saturated heterocycles. The SMILES string of the molecule is CC(=O)N[C@@H](Cc1ccccc1)C(=O)N[C@@H](Cc1c[nH+]c[nH]1)C(=O)N[C@H](C(=O)N[C@@H](C)C(N)=O)[C@@H](C)O. The molecule has 1 aromatic heterocycles. The number of carbonyl (C=O) groups is 5. The van der Waals surface area contributed by atoms with Gasteiger partial charge in [0.25, 0.3) is 0 Å². The summed E-state index contributed by atoms with van der Waals surface area (Å²) < 4.78 is 0. The summed E-state index contributed by atoms with van der Waals surface area (Å²) in [5.41, 5.74) is 6.54. The Balaban J connectivity index is 2.23. The third kappa shape index (κ3) is 9.37. The van der Waals surface area contributed by atoms with Gasteiger partial charge in [0.1, 0.15) is 36.1 Å². The van der Waals surface area contributed by atoms with Crippen molar-refractivity contribution in [3.05, 3.63) is 54.1 Å². The molecule has 0 aliphatic rings. The Morgan fingerprint density at radius 1 is 0.919 bits per heavy atom. The molecule has 2 rings (SSSR count). The van der Waals surface area contributed by atoms with E-state index in [1.165, 1.54) is 27.1 Å². The highest BCUT2D eigenvalue weighted by molar-refractivity contribution is 5.95. The van der Waals surface area contributed by atoms with Crippen LogP contribution >= 0.6 is 0 Å². The first kappa shape index (κ1) is 29.0. The Bertz CT molecular complexity index is 1070. The number of primary amides is 1. The summed E-state index contributed by atoms with van der Waals surface area (Å²) in [7, 11) is 0. The fourth-order valence-electron chi connectivity index (χ4n) is 3.48. The van der Waals surface area contributed by atoms with Gasteiger partial charge in [0, 0.05) is 19.8 Å². The third-order valence-corrected chi connectivity index (χ3v) is 5.48. The molecule has 0 saturated carbocycles. The molecule has 2 aromatic rings. The maximum Gasteiger partial charge on any atom is 0.245 e. The van der Waals surface area contributed by atoms with Crippen LogP contribution in [0.15, 0.2) is 42.9 Å². The molecule has 5 amide bonds. The number of nitrogens with one attached hydrogen (secondary N) is 6. The van der Waals surface area contributed by atoms with Crippen molar-refractivity contribution in [2.45, 2.75) is 63.9 Å². The number of benzene rings is 1.